The first-order valence-corrected chi connectivity index (χ1v) is 9.31. The van der Waals surface area contributed by atoms with Gasteiger partial charge in [-0.1, -0.05) is 31.1 Å². The smallest absolute Gasteiger partial charge is 0.155 e. The van der Waals surface area contributed by atoms with Crippen molar-refractivity contribution in [3.8, 4) is 0 Å². The highest BCUT2D eigenvalue weighted by molar-refractivity contribution is 5.92. The van der Waals surface area contributed by atoms with Crippen LogP contribution in [0.15, 0.2) is 23.3 Å². The van der Waals surface area contributed by atoms with Crippen LogP contribution in [0.5, 0.6) is 0 Å². The van der Waals surface area contributed by atoms with Gasteiger partial charge < -0.3 is 0 Å². The third-order valence-corrected chi connectivity index (χ3v) is 7.82. The summed E-state index contributed by atoms with van der Waals surface area (Å²) in [5, 5.41) is 0. The van der Waals surface area contributed by atoms with Crippen molar-refractivity contribution in [1.29, 1.82) is 0 Å². The molecule has 0 aromatic rings. The Bertz CT molecular complexity index is 640. The molecule has 5 atom stereocenters. The van der Waals surface area contributed by atoms with E-state index in [4.69, 9.17) is 0 Å². The Hall–Kier alpha value is -1.18. The van der Waals surface area contributed by atoms with Crippen LogP contribution in [0.1, 0.15) is 65.7 Å². The Labute approximate surface area is 139 Å². The zero-order chi connectivity index (χ0) is 16.4. The molecule has 0 heterocycles. The van der Waals surface area contributed by atoms with Gasteiger partial charge >= 0.3 is 0 Å². The van der Waals surface area contributed by atoms with Gasteiger partial charge in [-0.3, -0.25) is 9.59 Å². The number of allylic oxidation sites excluding steroid dienone is 4. The topological polar surface area (TPSA) is 34.1 Å². The maximum atomic E-state index is 12.1. The molecule has 0 unspecified atom stereocenters. The van der Waals surface area contributed by atoms with E-state index < -0.39 is 0 Å². The van der Waals surface area contributed by atoms with Crippen molar-refractivity contribution in [1.82, 2.24) is 0 Å². The SMILES string of the molecule is CC(=O)[C@H]1CC[C@H]2[C@@H]3CCC4=CC(=O)CC[C@]4(C)C3=CC[C@]12C. The maximum absolute atomic E-state index is 12.1. The maximum Gasteiger partial charge on any atom is 0.155 e. The van der Waals surface area contributed by atoms with E-state index in [1.807, 2.05) is 6.08 Å². The molecule has 2 nitrogen and oxygen atoms in total. The summed E-state index contributed by atoms with van der Waals surface area (Å²) in [7, 11) is 0. The van der Waals surface area contributed by atoms with E-state index in [-0.39, 0.29) is 16.7 Å². The van der Waals surface area contributed by atoms with Gasteiger partial charge in [-0.25, -0.2) is 0 Å². The van der Waals surface area contributed by atoms with Gasteiger partial charge in [0, 0.05) is 17.8 Å². The van der Waals surface area contributed by atoms with Crippen LogP contribution in [0, 0.1) is 28.6 Å². The number of fused-ring (bicyclic) bond motifs is 5. The van der Waals surface area contributed by atoms with Gasteiger partial charge in [0.2, 0.25) is 0 Å². The van der Waals surface area contributed by atoms with Crippen molar-refractivity contribution in [3.63, 3.8) is 0 Å². The van der Waals surface area contributed by atoms with Gasteiger partial charge in [0.25, 0.3) is 0 Å². The van der Waals surface area contributed by atoms with Gasteiger partial charge in [0.1, 0.15) is 5.78 Å². The lowest BCUT2D eigenvalue weighted by atomic mass is 9.51. The lowest BCUT2D eigenvalue weighted by Gasteiger charge is -2.53. The number of hydrogen-bond acceptors (Lipinski definition) is 2. The molecule has 0 saturated heterocycles. The predicted molar refractivity (Wildman–Crippen MR) is 90.9 cm³/mol. The molecule has 124 valence electrons. The third-order valence-electron chi connectivity index (χ3n) is 7.82. The summed E-state index contributed by atoms with van der Waals surface area (Å²) in [5.41, 5.74) is 3.27. The highest BCUT2D eigenvalue weighted by Crippen LogP contribution is 2.64. The fourth-order valence-electron chi connectivity index (χ4n) is 6.52. The van der Waals surface area contributed by atoms with Crippen molar-refractivity contribution >= 4 is 11.6 Å². The van der Waals surface area contributed by atoms with Crippen LogP contribution >= 0.6 is 0 Å². The van der Waals surface area contributed by atoms with E-state index in [2.05, 4.69) is 19.9 Å². The van der Waals surface area contributed by atoms with Gasteiger partial charge in [-0.05, 0) is 68.8 Å². The predicted octanol–water partition coefficient (Wildman–Crippen LogP) is 4.64. The van der Waals surface area contributed by atoms with Crippen molar-refractivity contribution in [2.24, 2.45) is 28.6 Å². The second-order valence-electron chi connectivity index (χ2n) is 8.83. The first-order valence-electron chi connectivity index (χ1n) is 9.31. The molecule has 23 heavy (non-hydrogen) atoms. The summed E-state index contributed by atoms with van der Waals surface area (Å²) >= 11 is 0. The molecule has 0 bridgehead atoms. The average molecular weight is 312 g/mol. The number of carbonyl (C=O) groups is 2. The second-order valence-corrected chi connectivity index (χ2v) is 8.83. The summed E-state index contributed by atoms with van der Waals surface area (Å²) < 4.78 is 0. The summed E-state index contributed by atoms with van der Waals surface area (Å²) in [4.78, 5) is 24.0. The van der Waals surface area contributed by atoms with Crippen molar-refractivity contribution in [2.45, 2.75) is 65.7 Å². The lowest BCUT2D eigenvalue weighted by Crippen LogP contribution is -2.45. The van der Waals surface area contributed by atoms with E-state index in [0.29, 0.717) is 29.8 Å². The van der Waals surface area contributed by atoms with Crippen LogP contribution in [0.3, 0.4) is 0 Å². The van der Waals surface area contributed by atoms with E-state index in [1.165, 1.54) is 18.4 Å². The number of carbonyl (C=O) groups excluding carboxylic acids is 2. The lowest BCUT2D eigenvalue weighted by molar-refractivity contribution is -0.124. The van der Waals surface area contributed by atoms with Gasteiger partial charge in [0.05, 0.1) is 0 Å². The van der Waals surface area contributed by atoms with Gasteiger partial charge in [0.15, 0.2) is 5.78 Å². The Kier molecular flexibility index (Phi) is 3.28. The molecule has 0 aliphatic heterocycles. The Morgan fingerprint density at radius 1 is 1.17 bits per heavy atom. The highest BCUT2D eigenvalue weighted by atomic mass is 16.1. The van der Waals surface area contributed by atoms with Crippen LogP contribution in [0.2, 0.25) is 0 Å². The fourth-order valence-corrected chi connectivity index (χ4v) is 6.52. The molecular formula is C21H28O2. The van der Waals surface area contributed by atoms with Crippen molar-refractivity contribution in [3.05, 3.63) is 23.3 Å². The minimum Gasteiger partial charge on any atom is -0.300 e. The molecule has 4 rings (SSSR count). The standard InChI is InChI=1S/C21H28O2/c1-13(22)17-6-7-18-16-5-4-14-12-15(23)8-10-20(14,2)19(16)9-11-21(17,18)3/h9,12,16-18H,4-8,10-11H2,1-3H3/t16-,17+,18-,20-,21+/m0/s1. The first-order chi connectivity index (χ1) is 10.9. The Morgan fingerprint density at radius 2 is 1.96 bits per heavy atom. The molecule has 2 saturated carbocycles. The molecule has 0 aromatic carbocycles. The second kappa shape index (κ2) is 4.91. The van der Waals surface area contributed by atoms with Crippen LogP contribution in [-0.2, 0) is 9.59 Å². The molecule has 0 radical (unpaired) electrons. The quantitative estimate of drug-likeness (QED) is 0.661. The van der Waals surface area contributed by atoms with Gasteiger partial charge in [-0.15, -0.1) is 0 Å². The summed E-state index contributed by atoms with van der Waals surface area (Å²) in [6, 6.07) is 0. The molecule has 0 spiro atoms. The molecule has 4 aliphatic carbocycles. The van der Waals surface area contributed by atoms with E-state index in [1.54, 1.807) is 12.5 Å². The van der Waals surface area contributed by atoms with Crippen LogP contribution in [0.4, 0.5) is 0 Å². The highest BCUT2D eigenvalue weighted by Gasteiger charge is 2.56. The molecule has 0 N–H and O–H groups in total. The summed E-state index contributed by atoms with van der Waals surface area (Å²) in [6.45, 7) is 6.51. The van der Waals surface area contributed by atoms with Crippen LogP contribution in [-0.4, -0.2) is 11.6 Å². The van der Waals surface area contributed by atoms with E-state index >= 15 is 0 Å². The molecule has 0 amide bonds. The van der Waals surface area contributed by atoms with Crippen molar-refractivity contribution in [2.75, 3.05) is 0 Å². The third kappa shape index (κ3) is 1.99. The monoisotopic (exact) mass is 312 g/mol. The number of Topliss-reactive ketones (excluding diaryl/α,β-unsaturated/α-hetero) is 1. The largest absolute Gasteiger partial charge is 0.300 e. The Balaban J connectivity index is 1.74. The zero-order valence-corrected chi connectivity index (χ0v) is 14.7. The van der Waals surface area contributed by atoms with Gasteiger partial charge in [-0.2, -0.15) is 0 Å². The van der Waals surface area contributed by atoms with E-state index in [0.717, 1.165) is 25.7 Å². The van der Waals surface area contributed by atoms with Crippen LogP contribution < -0.4 is 0 Å². The molecule has 2 heteroatoms. The molecule has 0 aromatic heterocycles. The molecule has 4 aliphatic rings. The summed E-state index contributed by atoms with van der Waals surface area (Å²) in [5.74, 6) is 2.25. The van der Waals surface area contributed by atoms with Crippen LogP contribution in [0.25, 0.3) is 0 Å². The molecular weight excluding hydrogens is 284 g/mol. The summed E-state index contributed by atoms with van der Waals surface area (Å²) in [6.07, 6.45) is 11.7. The normalized spacial score (nSPS) is 45.5. The molecule has 2 fully saturated rings. The first kappa shape index (κ1) is 15.4. The minimum atomic E-state index is 0.118. The number of rotatable bonds is 1. The minimum absolute atomic E-state index is 0.118. The fraction of sp³-hybridized carbons (Fsp3) is 0.714. The van der Waals surface area contributed by atoms with Crippen molar-refractivity contribution < 1.29 is 9.59 Å². The average Bonchev–Trinajstić information content (AvgIpc) is 2.85. The zero-order valence-electron chi connectivity index (χ0n) is 14.7. The van der Waals surface area contributed by atoms with E-state index in [9.17, 15) is 9.59 Å². The Morgan fingerprint density at radius 3 is 2.70 bits per heavy atom. The number of ketones is 2. The number of hydrogen-bond donors (Lipinski definition) is 0.